The summed E-state index contributed by atoms with van der Waals surface area (Å²) in [6.45, 7) is 2.45. The van der Waals surface area contributed by atoms with Crippen LogP contribution in [0.5, 0.6) is 0 Å². The molecule has 2 aromatic rings. The van der Waals surface area contributed by atoms with Gasteiger partial charge in [0.25, 0.3) is 0 Å². The molecule has 2 aliphatic rings. The fourth-order valence-electron chi connectivity index (χ4n) is 3.94. The Morgan fingerprint density at radius 1 is 0.885 bits per heavy atom. The lowest BCUT2D eigenvalue weighted by molar-refractivity contribution is 0.120. The molecule has 4 nitrogen and oxygen atoms in total. The Hall–Kier alpha value is -1.76. The maximum absolute atomic E-state index is 13.2. The van der Waals surface area contributed by atoms with E-state index in [4.69, 9.17) is 0 Å². The number of benzene rings is 2. The molecule has 26 heavy (non-hydrogen) atoms. The molecule has 2 fully saturated rings. The number of sulfonamides is 1. The van der Waals surface area contributed by atoms with Crippen LogP contribution in [0.3, 0.4) is 0 Å². The van der Waals surface area contributed by atoms with Gasteiger partial charge < -0.3 is 0 Å². The van der Waals surface area contributed by atoms with Gasteiger partial charge in [-0.3, -0.25) is 4.90 Å². The topological polar surface area (TPSA) is 40.6 Å². The van der Waals surface area contributed by atoms with Gasteiger partial charge in [0.05, 0.1) is 5.75 Å². The van der Waals surface area contributed by atoms with E-state index in [1.54, 1.807) is 4.31 Å². The summed E-state index contributed by atoms with van der Waals surface area (Å²) in [5.41, 5.74) is 1.93. The van der Waals surface area contributed by atoms with E-state index in [2.05, 4.69) is 4.90 Å². The molecule has 0 radical (unpaired) electrons. The molecule has 138 valence electrons. The zero-order valence-corrected chi connectivity index (χ0v) is 15.5. The van der Waals surface area contributed by atoms with Crippen LogP contribution in [0, 0.1) is 5.82 Å². The smallest absolute Gasteiger partial charge is 0.218 e. The van der Waals surface area contributed by atoms with Gasteiger partial charge >= 0.3 is 0 Å². The Morgan fingerprint density at radius 2 is 1.50 bits per heavy atom. The van der Waals surface area contributed by atoms with Crippen molar-refractivity contribution in [1.29, 1.82) is 0 Å². The molecule has 1 aliphatic carbocycles. The second-order valence-electron chi connectivity index (χ2n) is 7.17. The first kappa shape index (κ1) is 17.6. The predicted octanol–water partition coefficient (Wildman–Crippen LogP) is 2.96. The normalized spacial score (nSPS) is 20.8. The molecule has 1 saturated carbocycles. The van der Waals surface area contributed by atoms with Gasteiger partial charge in [0, 0.05) is 31.7 Å². The van der Waals surface area contributed by atoms with Crippen LogP contribution in [-0.2, 0) is 21.3 Å². The number of nitrogens with zero attached hydrogens (tertiary/aromatic N) is 2. The van der Waals surface area contributed by atoms with E-state index >= 15 is 0 Å². The summed E-state index contributed by atoms with van der Waals surface area (Å²) in [6, 6.07) is 16.1. The van der Waals surface area contributed by atoms with Gasteiger partial charge in [-0.25, -0.2) is 12.8 Å². The molecule has 1 saturated heterocycles. The summed E-state index contributed by atoms with van der Waals surface area (Å²) in [5, 5.41) is 0. The summed E-state index contributed by atoms with van der Waals surface area (Å²) in [4.78, 5) is 2.37. The Labute approximate surface area is 154 Å². The second kappa shape index (κ2) is 6.76. The van der Waals surface area contributed by atoms with Crippen LogP contribution in [0.4, 0.5) is 4.39 Å². The Bertz CT molecular complexity index is 856. The molecular weight excluding hydrogens is 351 g/mol. The summed E-state index contributed by atoms with van der Waals surface area (Å²) in [6.07, 6.45) is 2.10. The minimum atomic E-state index is -3.30. The molecule has 0 amide bonds. The first-order valence-electron chi connectivity index (χ1n) is 9.02. The molecule has 0 N–H and O–H groups in total. The molecule has 0 bridgehead atoms. The highest BCUT2D eigenvalue weighted by Crippen LogP contribution is 2.51. The van der Waals surface area contributed by atoms with Gasteiger partial charge in [0.1, 0.15) is 5.82 Å². The standard InChI is InChI=1S/C20H23FN2O2S/c21-19-8-6-18(7-9-19)20(10-11-20)22-12-14-23(15-13-22)26(24,25)16-17-4-2-1-3-5-17/h1-9H,10-16H2. The monoisotopic (exact) mass is 374 g/mol. The van der Waals surface area contributed by atoms with E-state index in [1.165, 1.54) is 12.1 Å². The number of hydrogen-bond donors (Lipinski definition) is 0. The van der Waals surface area contributed by atoms with Crippen LogP contribution < -0.4 is 0 Å². The molecule has 0 aromatic heterocycles. The van der Waals surface area contributed by atoms with Crippen LogP contribution in [0.15, 0.2) is 54.6 Å². The predicted molar refractivity (Wildman–Crippen MR) is 99.5 cm³/mol. The summed E-state index contributed by atoms with van der Waals surface area (Å²) in [5.74, 6) is -0.168. The fraction of sp³-hybridized carbons (Fsp3) is 0.400. The molecule has 0 unspecified atom stereocenters. The Balaban J connectivity index is 1.42. The SMILES string of the molecule is O=S(=O)(Cc1ccccc1)N1CCN(C2(c3ccc(F)cc3)CC2)CC1. The first-order valence-corrected chi connectivity index (χ1v) is 10.6. The van der Waals surface area contributed by atoms with Gasteiger partial charge in [-0.2, -0.15) is 4.31 Å². The molecule has 6 heteroatoms. The van der Waals surface area contributed by atoms with Crippen molar-refractivity contribution in [2.75, 3.05) is 26.2 Å². The molecular formula is C20H23FN2O2S. The third-order valence-electron chi connectivity index (χ3n) is 5.53. The van der Waals surface area contributed by atoms with Crippen molar-refractivity contribution in [3.63, 3.8) is 0 Å². The van der Waals surface area contributed by atoms with Crippen molar-refractivity contribution in [3.8, 4) is 0 Å². The van der Waals surface area contributed by atoms with Gasteiger partial charge in [-0.1, -0.05) is 42.5 Å². The maximum Gasteiger partial charge on any atom is 0.218 e. The van der Waals surface area contributed by atoms with E-state index in [9.17, 15) is 12.8 Å². The highest BCUT2D eigenvalue weighted by atomic mass is 32.2. The quantitative estimate of drug-likeness (QED) is 0.808. The summed E-state index contributed by atoms with van der Waals surface area (Å²) in [7, 11) is -3.30. The van der Waals surface area contributed by atoms with Crippen molar-refractivity contribution in [1.82, 2.24) is 9.21 Å². The first-order chi connectivity index (χ1) is 12.5. The lowest BCUT2D eigenvalue weighted by Crippen LogP contribution is -2.52. The molecule has 0 atom stereocenters. The summed E-state index contributed by atoms with van der Waals surface area (Å²) >= 11 is 0. The highest BCUT2D eigenvalue weighted by Gasteiger charge is 2.50. The van der Waals surface area contributed by atoms with Crippen molar-refractivity contribution < 1.29 is 12.8 Å². The zero-order valence-electron chi connectivity index (χ0n) is 14.6. The van der Waals surface area contributed by atoms with Crippen LogP contribution in [0.1, 0.15) is 24.0 Å². The molecule has 4 rings (SSSR count). The van der Waals surface area contributed by atoms with Crippen molar-refractivity contribution in [2.24, 2.45) is 0 Å². The largest absolute Gasteiger partial charge is 0.291 e. The third kappa shape index (κ3) is 3.41. The van der Waals surface area contributed by atoms with Crippen molar-refractivity contribution in [3.05, 3.63) is 71.5 Å². The van der Waals surface area contributed by atoms with Crippen LogP contribution in [0.25, 0.3) is 0 Å². The van der Waals surface area contributed by atoms with E-state index in [1.807, 2.05) is 42.5 Å². The Morgan fingerprint density at radius 3 is 2.08 bits per heavy atom. The number of rotatable bonds is 5. The van der Waals surface area contributed by atoms with Gasteiger partial charge in [-0.15, -0.1) is 0 Å². The Kier molecular flexibility index (Phi) is 4.59. The molecule has 1 heterocycles. The maximum atomic E-state index is 13.2. The van der Waals surface area contributed by atoms with Crippen LogP contribution in [0.2, 0.25) is 0 Å². The highest BCUT2D eigenvalue weighted by molar-refractivity contribution is 7.88. The van der Waals surface area contributed by atoms with Crippen LogP contribution in [-0.4, -0.2) is 43.8 Å². The van der Waals surface area contributed by atoms with Crippen molar-refractivity contribution in [2.45, 2.75) is 24.1 Å². The van der Waals surface area contributed by atoms with E-state index in [-0.39, 0.29) is 17.1 Å². The number of piperazine rings is 1. The lowest BCUT2D eigenvalue weighted by atomic mass is 10.0. The number of hydrogen-bond acceptors (Lipinski definition) is 3. The minimum Gasteiger partial charge on any atom is -0.291 e. The average molecular weight is 374 g/mol. The summed E-state index contributed by atoms with van der Waals surface area (Å²) < 4.78 is 40.2. The third-order valence-corrected chi connectivity index (χ3v) is 7.38. The van der Waals surface area contributed by atoms with Crippen molar-refractivity contribution >= 4 is 10.0 Å². The molecule has 0 spiro atoms. The number of halogens is 1. The average Bonchev–Trinajstić information content (AvgIpc) is 3.45. The molecule has 2 aromatic carbocycles. The van der Waals surface area contributed by atoms with Gasteiger partial charge in [-0.05, 0) is 36.1 Å². The van der Waals surface area contributed by atoms with Crippen LogP contribution >= 0.6 is 0 Å². The van der Waals surface area contributed by atoms with E-state index in [0.717, 1.165) is 24.0 Å². The second-order valence-corrected chi connectivity index (χ2v) is 9.14. The van der Waals surface area contributed by atoms with Gasteiger partial charge in [0.2, 0.25) is 10.0 Å². The van der Waals surface area contributed by atoms with E-state index in [0.29, 0.717) is 26.2 Å². The molecule has 1 aliphatic heterocycles. The lowest BCUT2D eigenvalue weighted by Gasteiger charge is -2.39. The fourth-order valence-corrected chi connectivity index (χ4v) is 5.45. The van der Waals surface area contributed by atoms with Gasteiger partial charge in [0.15, 0.2) is 0 Å². The minimum absolute atomic E-state index is 0.0248. The van der Waals surface area contributed by atoms with E-state index < -0.39 is 10.0 Å². The zero-order chi connectivity index (χ0) is 18.2.